The molecule has 0 aliphatic rings. The summed E-state index contributed by atoms with van der Waals surface area (Å²) in [5, 5.41) is 9.76. The molecule has 0 aliphatic carbocycles. The summed E-state index contributed by atoms with van der Waals surface area (Å²) < 4.78 is 4.26. The van der Waals surface area contributed by atoms with Gasteiger partial charge in [-0.1, -0.05) is 0 Å². The van der Waals surface area contributed by atoms with Crippen LogP contribution in [0.3, 0.4) is 0 Å². The van der Waals surface area contributed by atoms with Gasteiger partial charge in [-0.15, -0.1) is 0 Å². The molecule has 0 heterocycles. The fourth-order valence-corrected chi connectivity index (χ4v) is 0.445. The van der Waals surface area contributed by atoms with E-state index in [1.165, 1.54) is 6.92 Å². The minimum absolute atomic E-state index is 0.414. The highest BCUT2D eigenvalue weighted by Gasteiger charge is 2.11. The van der Waals surface area contributed by atoms with Gasteiger partial charge in [-0.2, -0.15) is 0 Å². The highest BCUT2D eigenvalue weighted by atomic mass is 16.6. The van der Waals surface area contributed by atoms with E-state index in [0.717, 1.165) is 0 Å². The Morgan fingerprint density at radius 3 is 2.70 bits per heavy atom. The van der Waals surface area contributed by atoms with E-state index in [4.69, 9.17) is 0 Å². The van der Waals surface area contributed by atoms with Gasteiger partial charge in [0.15, 0.2) is 6.10 Å². The number of ether oxygens (including phenoxy) is 1. The lowest BCUT2D eigenvalue weighted by Gasteiger charge is -2.04. The maximum absolute atomic E-state index is 9.97. The third-order valence-corrected chi connectivity index (χ3v) is 0.724. The molecule has 0 aliphatic heterocycles. The number of primary amides is 1. The average Bonchev–Trinajstić information content (AvgIpc) is 1.58. The molecule has 1 amide bonds. The summed E-state index contributed by atoms with van der Waals surface area (Å²) in [5.41, 5.74) is 4.59. The zero-order valence-electron chi connectivity index (χ0n) is 5.44. The lowest BCUT2D eigenvalue weighted by atomic mass is 10.4. The number of hydrogen-bond donors (Lipinski definition) is 1. The maximum atomic E-state index is 9.97. The first-order chi connectivity index (χ1) is 4.52. The van der Waals surface area contributed by atoms with Gasteiger partial charge in [-0.3, -0.25) is 10.1 Å². The normalized spacial score (nSPS) is 12.1. The van der Waals surface area contributed by atoms with Crippen molar-refractivity contribution in [2.24, 2.45) is 5.73 Å². The van der Waals surface area contributed by atoms with Crippen molar-refractivity contribution in [3.63, 3.8) is 0 Å². The summed E-state index contributed by atoms with van der Waals surface area (Å²) in [7, 11) is 0. The maximum Gasteiger partial charge on any atom is 0.404 e. The highest BCUT2D eigenvalue weighted by molar-refractivity contribution is 5.64. The van der Waals surface area contributed by atoms with Crippen LogP contribution in [0.5, 0.6) is 0 Å². The summed E-state index contributed by atoms with van der Waals surface area (Å²) in [6, 6.07) is 0. The van der Waals surface area contributed by atoms with Crippen molar-refractivity contribution < 1.29 is 14.5 Å². The molecule has 0 fully saturated rings. The molecule has 0 aromatic rings. The topological polar surface area (TPSA) is 95.5 Å². The molecule has 0 saturated heterocycles. The van der Waals surface area contributed by atoms with Crippen molar-refractivity contribution in [1.29, 1.82) is 0 Å². The SMILES string of the molecule is CC(C[N+](=O)[O-])OC(N)=O. The van der Waals surface area contributed by atoms with E-state index in [1.54, 1.807) is 0 Å². The van der Waals surface area contributed by atoms with Crippen LogP contribution in [-0.4, -0.2) is 23.7 Å². The van der Waals surface area contributed by atoms with Crippen LogP contribution in [-0.2, 0) is 4.74 Å². The number of hydrogen-bond acceptors (Lipinski definition) is 4. The van der Waals surface area contributed by atoms with Crippen LogP contribution in [0, 0.1) is 10.1 Å². The van der Waals surface area contributed by atoms with Crippen LogP contribution < -0.4 is 5.73 Å². The van der Waals surface area contributed by atoms with Gasteiger partial charge in [-0.05, 0) is 6.92 Å². The van der Waals surface area contributed by atoms with E-state index < -0.39 is 23.7 Å². The average molecular weight is 148 g/mol. The molecule has 0 bridgehead atoms. The number of amides is 1. The monoisotopic (exact) mass is 148 g/mol. The van der Waals surface area contributed by atoms with Crippen LogP contribution >= 0.6 is 0 Å². The van der Waals surface area contributed by atoms with E-state index in [0.29, 0.717) is 0 Å². The molecule has 0 rings (SSSR count). The van der Waals surface area contributed by atoms with Crippen molar-refractivity contribution in [3.05, 3.63) is 10.1 Å². The lowest BCUT2D eigenvalue weighted by molar-refractivity contribution is -0.488. The summed E-state index contributed by atoms with van der Waals surface area (Å²) in [6.45, 7) is 0.983. The number of nitrogens with two attached hydrogens (primary N) is 1. The van der Waals surface area contributed by atoms with E-state index in [1.807, 2.05) is 0 Å². The first-order valence-electron chi connectivity index (χ1n) is 2.60. The first-order valence-corrected chi connectivity index (χ1v) is 2.60. The number of nitro groups is 1. The number of rotatable bonds is 3. The fraction of sp³-hybridized carbons (Fsp3) is 0.750. The summed E-state index contributed by atoms with van der Waals surface area (Å²) in [4.78, 5) is 19.2. The van der Waals surface area contributed by atoms with Crippen molar-refractivity contribution in [3.8, 4) is 0 Å². The van der Waals surface area contributed by atoms with Crippen LogP contribution in [0.15, 0.2) is 0 Å². The standard InChI is InChI=1S/C4H8N2O4/c1-3(2-6(8)9)10-4(5)7/h3H,2H2,1H3,(H2,5,7). The minimum atomic E-state index is -0.991. The smallest absolute Gasteiger partial charge is 0.404 e. The quantitative estimate of drug-likeness (QED) is 0.440. The van der Waals surface area contributed by atoms with Gasteiger partial charge in [-0.25, -0.2) is 4.79 Å². The molecule has 2 N–H and O–H groups in total. The zero-order chi connectivity index (χ0) is 8.15. The Labute approximate surface area is 57.1 Å². The van der Waals surface area contributed by atoms with E-state index in [9.17, 15) is 14.9 Å². The molecular formula is C4H8N2O4. The Morgan fingerprint density at radius 1 is 1.90 bits per heavy atom. The van der Waals surface area contributed by atoms with Crippen molar-refractivity contribution in [2.45, 2.75) is 13.0 Å². The number of nitrogens with zero attached hydrogens (tertiary/aromatic N) is 1. The van der Waals surface area contributed by atoms with Gasteiger partial charge in [0.25, 0.3) is 0 Å². The third-order valence-electron chi connectivity index (χ3n) is 0.724. The highest BCUT2D eigenvalue weighted by Crippen LogP contribution is 1.89. The van der Waals surface area contributed by atoms with Crippen LogP contribution in [0.2, 0.25) is 0 Å². The van der Waals surface area contributed by atoms with Crippen LogP contribution in [0.4, 0.5) is 4.79 Å². The van der Waals surface area contributed by atoms with Crippen LogP contribution in [0.25, 0.3) is 0 Å². The molecule has 0 aromatic heterocycles. The molecule has 0 aromatic carbocycles. The van der Waals surface area contributed by atoms with Crippen LogP contribution in [0.1, 0.15) is 6.92 Å². The molecule has 1 atom stereocenters. The van der Waals surface area contributed by atoms with E-state index in [2.05, 4.69) is 10.5 Å². The first kappa shape index (κ1) is 8.67. The summed E-state index contributed by atoms with van der Waals surface area (Å²) >= 11 is 0. The molecule has 1 unspecified atom stereocenters. The molecule has 0 saturated carbocycles. The third kappa shape index (κ3) is 4.82. The molecule has 6 nitrogen and oxygen atoms in total. The largest absolute Gasteiger partial charge is 0.440 e. The predicted molar refractivity (Wildman–Crippen MR) is 32.0 cm³/mol. The van der Waals surface area contributed by atoms with Gasteiger partial charge < -0.3 is 10.5 Å². The number of carbonyl (C=O) groups excluding carboxylic acids is 1. The summed E-state index contributed by atoms with van der Waals surface area (Å²) in [6.07, 6.45) is -1.75. The summed E-state index contributed by atoms with van der Waals surface area (Å²) in [5.74, 6) is 0. The van der Waals surface area contributed by atoms with Gasteiger partial charge >= 0.3 is 6.09 Å². The molecule has 58 valence electrons. The van der Waals surface area contributed by atoms with Gasteiger partial charge in [0, 0.05) is 4.92 Å². The Balaban J connectivity index is 3.53. The molecule has 6 heteroatoms. The fourth-order valence-electron chi connectivity index (χ4n) is 0.445. The second-order valence-electron chi connectivity index (χ2n) is 1.76. The second-order valence-corrected chi connectivity index (χ2v) is 1.76. The lowest BCUT2D eigenvalue weighted by Crippen LogP contribution is -2.26. The molecular weight excluding hydrogens is 140 g/mol. The van der Waals surface area contributed by atoms with Gasteiger partial charge in [0.2, 0.25) is 6.54 Å². The van der Waals surface area contributed by atoms with Crippen molar-refractivity contribution in [1.82, 2.24) is 0 Å². The second kappa shape index (κ2) is 3.65. The Bertz CT molecular complexity index is 130. The molecule has 10 heavy (non-hydrogen) atoms. The Hall–Kier alpha value is -1.33. The predicted octanol–water partition coefficient (Wildman–Crippen LogP) is -0.253. The van der Waals surface area contributed by atoms with E-state index in [-0.39, 0.29) is 0 Å². The molecule has 0 spiro atoms. The van der Waals surface area contributed by atoms with Gasteiger partial charge in [0.05, 0.1) is 0 Å². The minimum Gasteiger partial charge on any atom is -0.440 e. The van der Waals surface area contributed by atoms with E-state index >= 15 is 0 Å². The van der Waals surface area contributed by atoms with Crippen molar-refractivity contribution in [2.75, 3.05) is 6.54 Å². The Kier molecular flexibility index (Phi) is 3.16. The zero-order valence-corrected chi connectivity index (χ0v) is 5.44. The van der Waals surface area contributed by atoms with Gasteiger partial charge in [0.1, 0.15) is 0 Å². The molecule has 0 radical (unpaired) electrons. The van der Waals surface area contributed by atoms with Crippen molar-refractivity contribution >= 4 is 6.09 Å². The number of carbonyl (C=O) groups is 1. The Morgan fingerprint density at radius 2 is 2.40 bits per heavy atom.